The van der Waals surface area contributed by atoms with Crippen LogP contribution < -0.4 is 14.2 Å². The minimum atomic E-state index is 0.240. The molecule has 2 heterocycles. The molecule has 2 rings (SSSR count). The molecule has 0 saturated carbocycles. The summed E-state index contributed by atoms with van der Waals surface area (Å²) >= 11 is 3.18. The number of ether oxygens (including phenoxy) is 2. The zero-order valence-corrected chi connectivity index (χ0v) is 7.70. The summed E-state index contributed by atoms with van der Waals surface area (Å²) in [6.07, 6.45) is 1.38. The highest BCUT2D eigenvalue weighted by Crippen LogP contribution is 2.28. The van der Waals surface area contributed by atoms with Crippen LogP contribution in [-0.2, 0) is 0 Å². The maximum atomic E-state index is 11.2. The van der Waals surface area contributed by atoms with Crippen LogP contribution in [0.4, 0.5) is 0 Å². The standard InChI is InChI=1S/C7H6BrNO3/c8-5-3-6-7(9(10)4-5)12-2-1-11-6/h3-4H,1-2H2. The minimum absolute atomic E-state index is 0.240. The van der Waals surface area contributed by atoms with Crippen LogP contribution in [0.2, 0.25) is 0 Å². The Kier molecular flexibility index (Phi) is 1.80. The Bertz CT molecular complexity index is 316. The van der Waals surface area contributed by atoms with E-state index in [4.69, 9.17) is 9.47 Å². The lowest BCUT2D eigenvalue weighted by Gasteiger charge is -2.16. The molecule has 12 heavy (non-hydrogen) atoms. The van der Waals surface area contributed by atoms with E-state index in [9.17, 15) is 5.21 Å². The van der Waals surface area contributed by atoms with Gasteiger partial charge < -0.3 is 14.7 Å². The van der Waals surface area contributed by atoms with Gasteiger partial charge in [0.2, 0.25) is 5.75 Å². The van der Waals surface area contributed by atoms with Gasteiger partial charge in [0.15, 0.2) is 6.20 Å². The molecule has 64 valence electrons. The number of fused-ring (bicyclic) bond motifs is 1. The maximum Gasteiger partial charge on any atom is 0.423 e. The van der Waals surface area contributed by atoms with Crippen LogP contribution in [0.1, 0.15) is 0 Å². The van der Waals surface area contributed by atoms with E-state index in [2.05, 4.69) is 15.9 Å². The number of halogens is 1. The maximum absolute atomic E-state index is 11.2. The van der Waals surface area contributed by atoms with Gasteiger partial charge in [0, 0.05) is 6.07 Å². The van der Waals surface area contributed by atoms with Crippen molar-refractivity contribution < 1.29 is 14.2 Å². The largest absolute Gasteiger partial charge is 0.616 e. The second-order valence-electron chi connectivity index (χ2n) is 2.35. The fourth-order valence-electron chi connectivity index (χ4n) is 1.03. The molecule has 0 unspecified atom stereocenters. The van der Waals surface area contributed by atoms with Crippen LogP contribution in [0.25, 0.3) is 0 Å². The molecular formula is C7H6BrNO3. The molecule has 0 aliphatic carbocycles. The van der Waals surface area contributed by atoms with E-state index in [-0.39, 0.29) is 5.88 Å². The average Bonchev–Trinajstić information content (AvgIpc) is 2.04. The molecule has 0 amide bonds. The summed E-state index contributed by atoms with van der Waals surface area (Å²) in [4.78, 5) is 0. The second kappa shape index (κ2) is 2.82. The zero-order chi connectivity index (χ0) is 8.55. The van der Waals surface area contributed by atoms with E-state index in [1.165, 1.54) is 6.20 Å². The van der Waals surface area contributed by atoms with Crippen LogP contribution in [0, 0.1) is 5.21 Å². The van der Waals surface area contributed by atoms with Crippen molar-refractivity contribution in [2.75, 3.05) is 13.2 Å². The SMILES string of the molecule is [O-][n+]1cc(Br)cc2c1OCCO2. The number of rotatable bonds is 0. The van der Waals surface area contributed by atoms with Gasteiger partial charge in [0.25, 0.3) is 0 Å². The molecule has 1 aromatic heterocycles. The molecular weight excluding hydrogens is 226 g/mol. The summed E-state index contributed by atoms with van der Waals surface area (Å²) in [5.74, 6) is 0.732. The minimum Gasteiger partial charge on any atom is -0.616 e. The van der Waals surface area contributed by atoms with Crippen molar-refractivity contribution >= 4 is 15.9 Å². The third kappa shape index (κ3) is 1.20. The van der Waals surface area contributed by atoms with Crippen LogP contribution in [-0.4, -0.2) is 13.2 Å². The smallest absolute Gasteiger partial charge is 0.423 e. The first-order chi connectivity index (χ1) is 5.77. The highest BCUT2D eigenvalue weighted by atomic mass is 79.9. The Morgan fingerprint density at radius 1 is 1.42 bits per heavy atom. The number of hydrogen-bond donors (Lipinski definition) is 0. The Hall–Kier alpha value is -0.970. The zero-order valence-electron chi connectivity index (χ0n) is 6.12. The van der Waals surface area contributed by atoms with Crippen molar-refractivity contribution in [1.29, 1.82) is 0 Å². The molecule has 0 bridgehead atoms. The molecule has 0 spiro atoms. The summed E-state index contributed by atoms with van der Waals surface area (Å²) in [6.45, 7) is 0.917. The Labute approximate surface area is 77.4 Å². The Balaban J connectivity index is 2.53. The van der Waals surface area contributed by atoms with Gasteiger partial charge >= 0.3 is 5.88 Å². The molecule has 4 nitrogen and oxygen atoms in total. The number of aromatic nitrogens is 1. The van der Waals surface area contributed by atoms with Crippen LogP contribution in [0.5, 0.6) is 11.6 Å². The normalized spacial score (nSPS) is 14.4. The van der Waals surface area contributed by atoms with Gasteiger partial charge in [0.05, 0.1) is 4.47 Å². The summed E-state index contributed by atoms with van der Waals surface area (Å²) in [5.41, 5.74) is 0. The first-order valence-electron chi connectivity index (χ1n) is 3.45. The van der Waals surface area contributed by atoms with Crippen molar-refractivity contribution in [1.82, 2.24) is 0 Å². The number of pyridine rings is 1. The molecule has 0 atom stereocenters. The molecule has 0 saturated heterocycles. The topological polar surface area (TPSA) is 45.4 Å². The molecule has 1 aromatic rings. The lowest BCUT2D eigenvalue weighted by Crippen LogP contribution is -2.33. The first kappa shape index (κ1) is 7.67. The third-order valence-corrected chi connectivity index (χ3v) is 1.93. The van der Waals surface area contributed by atoms with Gasteiger partial charge in [-0.15, -0.1) is 4.73 Å². The second-order valence-corrected chi connectivity index (χ2v) is 3.27. The van der Waals surface area contributed by atoms with Crippen molar-refractivity contribution in [3.63, 3.8) is 0 Å². The lowest BCUT2D eigenvalue weighted by atomic mass is 10.4. The summed E-state index contributed by atoms with van der Waals surface area (Å²) in [7, 11) is 0. The Morgan fingerprint density at radius 3 is 3.00 bits per heavy atom. The van der Waals surface area contributed by atoms with Crippen molar-refractivity contribution in [3.05, 3.63) is 21.9 Å². The molecule has 0 fully saturated rings. The van der Waals surface area contributed by atoms with Gasteiger partial charge in [-0.2, -0.15) is 0 Å². The van der Waals surface area contributed by atoms with E-state index >= 15 is 0 Å². The fraction of sp³-hybridized carbons (Fsp3) is 0.286. The van der Waals surface area contributed by atoms with E-state index in [0.29, 0.717) is 28.2 Å². The first-order valence-corrected chi connectivity index (χ1v) is 4.25. The highest BCUT2D eigenvalue weighted by Gasteiger charge is 2.21. The van der Waals surface area contributed by atoms with E-state index in [1.807, 2.05) is 0 Å². The van der Waals surface area contributed by atoms with Crippen molar-refractivity contribution in [3.8, 4) is 11.6 Å². The van der Waals surface area contributed by atoms with Crippen LogP contribution in [0.3, 0.4) is 0 Å². The van der Waals surface area contributed by atoms with Gasteiger partial charge in [0.1, 0.15) is 13.2 Å². The van der Waals surface area contributed by atoms with E-state index < -0.39 is 0 Å². The fourth-order valence-corrected chi connectivity index (χ4v) is 1.43. The highest BCUT2D eigenvalue weighted by molar-refractivity contribution is 9.10. The monoisotopic (exact) mass is 231 g/mol. The summed E-state index contributed by atoms with van der Waals surface area (Å²) in [5, 5.41) is 11.2. The average molecular weight is 232 g/mol. The van der Waals surface area contributed by atoms with Gasteiger partial charge in [-0.1, -0.05) is 0 Å². The molecule has 0 N–H and O–H groups in total. The summed E-state index contributed by atoms with van der Waals surface area (Å²) in [6, 6.07) is 1.71. The predicted molar refractivity (Wildman–Crippen MR) is 44.1 cm³/mol. The van der Waals surface area contributed by atoms with Gasteiger partial charge in [-0.25, -0.2) is 0 Å². The van der Waals surface area contributed by atoms with E-state index in [1.54, 1.807) is 6.07 Å². The number of nitrogens with zero attached hydrogens (tertiary/aromatic N) is 1. The molecule has 0 radical (unpaired) electrons. The van der Waals surface area contributed by atoms with Crippen molar-refractivity contribution in [2.24, 2.45) is 0 Å². The molecule has 5 heteroatoms. The quantitative estimate of drug-likeness (QED) is 0.492. The molecule has 1 aliphatic rings. The lowest BCUT2D eigenvalue weighted by molar-refractivity contribution is -0.614. The molecule has 1 aliphatic heterocycles. The third-order valence-electron chi connectivity index (χ3n) is 1.50. The van der Waals surface area contributed by atoms with Gasteiger partial charge in [-0.05, 0) is 15.9 Å². The summed E-state index contributed by atoms with van der Waals surface area (Å²) < 4.78 is 11.7. The Morgan fingerprint density at radius 2 is 2.17 bits per heavy atom. The van der Waals surface area contributed by atoms with Crippen molar-refractivity contribution in [2.45, 2.75) is 0 Å². The number of hydrogen-bond acceptors (Lipinski definition) is 3. The van der Waals surface area contributed by atoms with Crippen LogP contribution >= 0.6 is 15.9 Å². The van der Waals surface area contributed by atoms with E-state index in [0.717, 1.165) is 0 Å². The molecule has 0 aromatic carbocycles. The van der Waals surface area contributed by atoms with Crippen LogP contribution in [0.15, 0.2) is 16.7 Å². The predicted octanol–water partition coefficient (Wildman–Crippen LogP) is 0.854. The van der Waals surface area contributed by atoms with Gasteiger partial charge in [-0.3, -0.25) is 0 Å².